The van der Waals surface area contributed by atoms with E-state index in [1.54, 1.807) is 7.11 Å². The molecule has 3 rings (SSSR count). The predicted molar refractivity (Wildman–Crippen MR) is 72.6 cm³/mol. The number of amides is 1. The molecule has 1 aromatic heterocycles. The Labute approximate surface area is 130 Å². The predicted octanol–water partition coefficient (Wildman–Crippen LogP) is 1.57. The van der Waals surface area contributed by atoms with Crippen LogP contribution in [0.4, 0.5) is 13.2 Å². The maximum absolute atomic E-state index is 12.6. The first kappa shape index (κ1) is 16.3. The van der Waals surface area contributed by atoms with Gasteiger partial charge in [-0.1, -0.05) is 0 Å². The molecule has 3 atom stereocenters. The molecule has 1 saturated heterocycles. The SMILES string of the molecule is CO[C@@]12CC[C@H](O)C[C@@H]1N(C(=O)c1cc(C(F)(F)F)[nH]n1)CC2. The molecule has 2 fully saturated rings. The maximum Gasteiger partial charge on any atom is 0.432 e. The molecule has 1 aliphatic carbocycles. The van der Waals surface area contributed by atoms with Crippen LogP contribution in [0.15, 0.2) is 6.07 Å². The van der Waals surface area contributed by atoms with E-state index < -0.39 is 29.5 Å². The molecule has 6 nitrogen and oxygen atoms in total. The van der Waals surface area contributed by atoms with Gasteiger partial charge in [-0.25, -0.2) is 0 Å². The first-order chi connectivity index (χ1) is 10.8. The number of H-pyrrole nitrogens is 1. The van der Waals surface area contributed by atoms with Gasteiger partial charge >= 0.3 is 6.18 Å². The number of methoxy groups -OCH3 is 1. The van der Waals surface area contributed by atoms with Crippen LogP contribution in [0.5, 0.6) is 0 Å². The molecule has 1 aromatic rings. The molecule has 0 unspecified atom stereocenters. The zero-order valence-corrected chi connectivity index (χ0v) is 12.6. The second-order valence-electron chi connectivity index (χ2n) is 6.13. The molecular weight excluding hydrogens is 315 g/mol. The van der Waals surface area contributed by atoms with Gasteiger partial charge in [-0.3, -0.25) is 9.89 Å². The van der Waals surface area contributed by atoms with E-state index in [2.05, 4.69) is 5.10 Å². The van der Waals surface area contributed by atoms with E-state index in [0.717, 1.165) is 0 Å². The minimum atomic E-state index is -4.58. The third-order valence-corrected chi connectivity index (χ3v) is 4.93. The number of fused-ring (bicyclic) bond motifs is 1. The van der Waals surface area contributed by atoms with Crippen molar-refractivity contribution >= 4 is 5.91 Å². The van der Waals surface area contributed by atoms with Crippen molar-refractivity contribution in [2.75, 3.05) is 13.7 Å². The molecule has 2 aliphatic rings. The van der Waals surface area contributed by atoms with Crippen LogP contribution < -0.4 is 0 Å². The van der Waals surface area contributed by atoms with Crippen LogP contribution in [0.2, 0.25) is 0 Å². The van der Waals surface area contributed by atoms with E-state index in [-0.39, 0.29) is 11.7 Å². The number of hydrogen-bond donors (Lipinski definition) is 2. The van der Waals surface area contributed by atoms with E-state index >= 15 is 0 Å². The van der Waals surface area contributed by atoms with E-state index in [0.29, 0.717) is 38.3 Å². The summed E-state index contributed by atoms with van der Waals surface area (Å²) in [5.74, 6) is -0.574. The highest BCUT2D eigenvalue weighted by molar-refractivity contribution is 5.93. The molecule has 1 aliphatic heterocycles. The Kier molecular flexibility index (Phi) is 3.88. The minimum absolute atomic E-state index is 0.274. The molecule has 0 aromatic carbocycles. The van der Waals surface area contributed by atoms with Crippen molar-refractivity contribution < 1.29 is 27.8 Å². The lowest BCUT2D eigenvalue weighted by Gasteiger charge is -2.42. The second-order valence-corrected chi connectivity index (χ2v) is 6.13. The molecule has 0 radical (unpaired) electrons. The fraction of sp³-hybridized carbons (Fsp3) is 0.714. The molecule has 128 valence electrons. The number of rotatable bonds is 2. The van der Waals surface area contributed by atoms with Gasteiger partial charge in [0.1, 0.15) is 5.69 Å². The Balaban J connectivity index is 1.84. The van der Waals surface area contributed by atoms with Crippen molar-refractivity contribution in [1.82, 2.24) is 15.1 Å². The Morgan fingerprint density at radius 3 is 2.87 bits per heavy atom. The van der Waals surface area contributed by atoms with Gasteiger partial charge in [-0.15, -0.1) is 0 Å². The van der Waals surface area contributed by atoms with E-state index in [9.17, 15) is 23.1 Å². The van der Waals surface area contributed by atoms with Gasteiger partial charge in [-0.2, -0.15) is 18.3 Å². The third kappa shape index (κ3) is 2.72. The monoisotopic (exact) mass is 333 g/mol. The number of halogens is 3. The van der Waals surface area contributed by atoms with Crippen LogP contribution in [-0.2, 0) is 10.9 Å². The molecule has 2 N–H and O–H groups in total. The molecule has 9 heteroatoms. The first-order valence-corrected chi connectivity index (χ1v) is 7.43. The highest BCUT2D eigenvalue weighted by Crippen LogP contribution is 2.43. The molecule has 1 amide bonds. The van der Waals surface area contributed by atoms with Crippen molar-refractivity contribution in [2.45, 2.75) is 49.6 Å². The lowest BCUT2D eigenvalue weighted by molar-refractivity contribution is -0.141. The number of ether oxygens (including phenoxy) is 1. The van der Waals surface area contributed by atoms with Crippen LogP contribution >= 0.6 is 0 Å². The summed E-state index contributed by atoms with van der Waals surface area (Å²) >= 11 is 0. The molecule has 2 heterocycles. The Morgan fingerprint density at radius 2 is 2.26 bits per heavy atom. The van der Waals surface area contributed by atoms with Gasteiger partial charge in [0.25, 0.3) is 5.91 Å². The molecule has 0 spiro atoms. The van der Waals surface area contributed by atoms with Crippen molar-refractivity contribution in [3.63, 3.8) is 0 Å². The average Bonchev–Trinajstić information content (AvgIpc) is 3.11. The molecular formula is C14H18F3N3O3. The summed E-state index contributed by atoms with van der Waals surface area (Å²) in [5, 5.41) is 15.2. The molecule has 23 heavy (non-hydrogen) atoms. The summed E-state index contributed by atoms with van der Waals surface area (Å²) in [6.45, 7) is 0.373. The zero-order chi connectivity index (χ0) is 16.8. The Bertz CT molecular complexity index is 604. The van der Waals surface area contributed by atoms with Crippen molar-refractivity contribution in [3.8, 4) is 0 Å². The number of aliphatic hydroxyl groups is 1. The normalized spacial score (nSPS) is 31.3. The quantitative estimate of drug-likeness (QED) is 0.861. The van der Waals surface area contributed by atoms with Crippen LogP contribution in [0, 0.1) is 0 Å². The van der Waals surface area contributed by atoms with Gasteiger partial charge < -0.3 is 14.7 Å². The van der Waals surface area contributed by atoms with Gasteiger partial charge in [0.2, 0.25) is 0 Å². The fourth-order valence-corrected chi connectivity index (χ4v) is 3.64. The summed E-state index contributed by atoms with van der Waals surface area (Å²) < 4.78 is 43.5. The number of carbonyl (C=O) groups is 1. The van der Waals surface area contributed by atoms with E-state index in [4.69, 9.17) is 4.74 Å². The number of carbonyl (C=O) groups excluding carboxylic acids is 1. The summed E-state index contributed by atoms with van der Waals surface area (Å²) in [6, 6.07) is 0.365. The van der Waals surface area contributed by atoms with Crippen molar-refractivity contribution in [3.05, 3.63) is 17.5 Å². The Morgan fingerprint density at radius 1 is 1.52 bits per heavy atom. The van der Waals surface area contributed by atoms with E-state index in [1.165, 1.54) is 4.90 Å². The van der Waals surface area contributed by atoms with Gasteiger partial charge in [-0.05, 0) is 25.7 Å². The summed E-state index contributed by atoms with van der Waals surface area (Å²) in [7, 11) is 1.56. The van der Waals surface area contributed by atoms with Crippen LogP contribution in [0.25, 0.3) is 0 Å². The van der Waals surface area contributed by atoms with Crippen LogP contribution in [0.3, 0.4) is 0 Å². The standard InChI is InChI=1S/C14H18F3N3O3/c1-23-13-3-2-8(21)6-11(13)20(5-4-13)12(22)9-7-10(19-18-9)14(15,16)17/h7-8,11,21H,2-6H2,1H3,(H,18,19)/t8-,11-,13+/m0/s1. The van der Waals surface area contributed by atoms with Crippen molar-refractivity contribution in [2.24, 2.45) is 0 Å². The number of nitrogens with zero attached hydrogens (tertiary/aromatic N) is 2. The highest BCUT2D eigenvalue weighted by Gasteiger charge is 2.52. The van der Waals surface area contributed by atoms with Crippen LogP contribution in [-0.4, -0.2) is 57.5 Å². The van der Waals surface area contributed by atoms with E-state index in [1.807, 2.05) is 5.10 Å². The smallest absolute Gasteiger partial charge is 0.393 e. The average molecular weight is 333 g/mol. The number of aliphatic hydroxyl groups excluding tert-OH is 1. The van der Waals surface area contributed by atoms with Gasteiger partial charge in [0, 0.05) is 19.7 Å². The first-order valence-electron chi connectivity index (χ1n) is 7.43. The summed E-state index contributed by atoms with van der Waals surface area (Å²) in [5.41, 5.74) is -1.86. The fourth-order valence-electron chi connectivity index (χ4n) is 3.64. The molecule has 1 saturated carbocycles. The topological polar surface area (TPSA) is 78.5 Å². The van der Waals surface area contributed by atoms with Gasteiger partial charge in [0.15, 0.2) is 5.69 Å². The number of aromatic nitrogens is 2. The number of hydrogen-bond acceptors (Lipinski definition) is 4. The number of aromatic amines is 1. The molecule has 0 bridgehead atoms. The maximum atomic E-state index is 12.6. The second kappa shape index (κ2) is 5.48. The number of likely N-dealkylation sites (tertiary alicyclic amines) is 1. The number of nitrogens with one attached hydrogen (secondary N) is 1. The third-order valence-electron chi connectivity index (χ3n) is 4.93. The van der Waals surface area contributed by atoms with Crippen molar-refractivity contribution in [1.29, 1.82) is 0 Å². The number of alkyl halides is 3. The minimum Gasteiger partial charge on any atom is -0.393 e. The van der Waals surface area contributed by atoms with Crippen LogP contribution in [0.1, 0.15) is 41.9 Å². The lowest BCUT2D eigenvalue weighted by atomic mass is 9.79. The summed E-state index contributed by atoms with van der Waals surface area (Å²) in [6.07, 6.45) is -2.95. The largest absolute Gasteiger partial charge is 0.432 e. The Hall–Kier alpha value is -1.61. The van der Waals surface area contributed by atoms with Gasteiger partial charge in [0.05, 0.1) is 17.7 Å². The highest BCUT2D eigenvalue weighted by atomic mass is 19.4. The summed E-state index contributed by atoms with van der Waals surface area (Å²) in [4.78, 5) is 14.0. The zero-order valence-electron chi connectivity index (χ0n) is 12.6. The lowest BCUT2D eigenvalue weighted by Crippen LogP contribution is -2.52.